The van der Waals surface area contributed by atoms with Gasteiger partial charge in [0.05, 0.1) is 18.5 Å². The van der Waals surface area contributed by atoms with E-state index in [0.717, 1.165) is 23.6 Å². The molecule has 0 aliphatic carbocycles. The van der Waals surface area contributed by atoms with Gasteiger partial charge in [0.2, 0.25) is 0 Å². The molecule has 0 fully saturated rings. The van der Waals surface area contributed by atoms with E-state index in [-0.39, 0.29) is 6.03 Å². The number of urea groups is 1. The molecular weight excluding hydrogens is 376 g/mol. The first-order valence-corrected chi connectivity index (χ1v) is 10.0. The molecule has 6 nitrogen and oxygen atoms in total. The summed E-state index contributed by atoms with van der Waals surface area (Å²) in [5.74, 6) is 1.45. The number of aryl methyl sites for hydroxylation is 2. The number of nitrogens with zero attached hydrogens (tertiary/aromatic N) is 3. The highest BCUT2D eigenvalue weighted by Gasteiger charge is 2.28. The number of amides is 2. The number of hydrogen-bond donors (Lipinski definition) is 1. The number of rotatable bonds is 4. The van der Waals surface area contributed by atoms with Gasteiger partial charge in [-0.3, -0.25) is 4.90 Å². The Labute approximate surface area is 177 Å². The molecule has 0 radical (unpaired) electrons. The molecule has 2 aromatic carbocycles. The third kappa shape index (κ3) is 4.08. The molecule has 0 saturated heterocycles. The number of carbonyl (C=O) groups is 1. The van der Waals surface area contributed by atoms with Crippen molar-refractivity contribution in [2.75, 3.05) is 35.3 Å². The van der Waals surface area contributed by atoms with E-state index in [4.69, 9.17) is 4.74 Å². The maximum Gasteiger partial charge on any atom is 0.326 e. The molecule has 0 atom stereocenters. The van der Waals surface area contributed by atoms with Crippen molar-refractivity contribution in [1.82, 2.24) is 4.98 Å². The van der Waals surface area contributed by atoms with E-state index in [0.29, 0.717) is 24.5 Å². The summed E-state index contributed by atoms with van der Waals surface area (Å²) >= 11 is 0. The van der Waals surface area contributed by atoms with Crippen LogP contribution in [-0.4, -0.2) is 31.2 Å². The fourth-order valence-corrected chi connectivity index (χ4v) is 3.67. The van der Waals surface area contributed by atoms with Gasteiger partial charge in [0.1, 0.15) is 5.75 Å². The molecule has 154 valence electrons. The van der Waals surface area contributed by atoms with Crippen LogP contribution in [0.4, 0.5) is 22.0 Å². The fourth-order valence-electron chi connectivity index (χ4n) is 3.67. The molecular formula is C24H26N4O2. The Morgan fingerprint density at radius 2 is 1.83 bits per heavy atom. The number of carbonyl (C=O) groups excluding carboxylic acids is 1. The second kappa shape index (κ2) is 8.45. The highest BCUT2D eigenvalue weighted by molar-refractivity contribution is 6.04. The molecule has 30 heavy (non-hydrogen) atoms. The van der Waals surface area contributed by atoms with Crippen LogP contribution in [0.5, 0.6) is 5.75 Å². The lowest BCUT2D eigenvalue weighted by molar-refractivity contribution is 0.256. The Bertz CT molecular complexity index is 1050. The molecule has 2 heterocycles. The molecule has 1 N–H and O–H groups in total. The zero-order chi connectivity index (χ0) is 21.1. The van der Waals surface area contributed by atoms with Crippen LogP contribution in [0.2, 0.25) is 0 Å². The maximum atomic E-state index is 13.1. The van der Waals surface area contributed by atoms with Gasteiger partial charge in [0.25, 0.3) is 0 Å². The monoisotopic (exact) mass is 402 g/mol. The van der Waals surface area contributed by atoms with Gasteiger partial charge in [-0.1, -0.05) is 35.9 Å². The van der Waals surface area contributed by atoms with Crippen LogP contribution in [0.3, 0.4) is 0 Å². The molecule has 1 aliphatic rings. The Balaban J connectivity index is 1.57. The van der Waals surface area contributed by atoms with Crippen molar-refractivity contribution in [2.45, 2.75) is 20.4 Å². The first-order chi connectivity index (χ1) is 14.5. The molecule has 1 aromatic heterocycles. The number of aromatic nitrogens is 1. The van der Waals surface area contributed by atoms with E-state index in [1.807, 2.05) is 37.3 Å². The van der Waals surface area contributed by atoms with Gasteiger partial charge in [-0.25, -0.2) is 9.78 Å². The van der Waals surface area contributed by atoms with Gasteiger partial charge in [0.15, 0.2) is 5.82 Å². The predicted molar refractivity (Wildman–Crippen MR) is 121 cm³/mol. The zero-order valence-electron chi connectivity index (χ0n) is 17.6. The van der Waals surface area contributed by atoms with Crippen molar-refractivity contribution < 1.29 is 9.53 Å². The van der Waals surface area contributed by atoms with Crippen molar-refractivity contribution >= 4 is 23.2 Å². The molecule has 0 spiro atoms. The average Bonchev–Trinajstić information content (AvgIpc) is 2.75. The third-order valence-electron chi connectivity index (χ3n) is 5.29. The quantitative estimate of drug-likeness (QED) is 0.683. The molecule has 0 unspecified atom stereocenters. The molecule has 2 amide bonds. The van der Waals surface area contributed by atoms with Crippen molar-refractivity contribution in [3.05, 3.63) is 77.5 Å². The Morgan fingerprint density at radius 3 is 2.60 bits per heavy atom. The average molecular weight is 402 g/mol. The Morgan fingerprint density at radius 1 is 1.07 bits per heavy atom. The van der Waals surface area contributed by atoms with Gasteiger partial charge < -0.3 is 15.0 Å². The maximum absolute atomic E-state index is 13.1. The highest BCUT2D eigenvalue weighted by Crippen LogP contribution is 2.33. The van der Waals surface area contributed by atoms with E-state index in [1.54, 1.807) is 18.2 Å². The number of hydrogen-bond acceptors (Lipinski definition) is 4. The van der Waals surface area contributed by atoms with Crippen LogP contribution in [0.1, 0.15) is 16.7 Å². The van der Waals surface area contributed by atoms with Gasteiger partial charge in [-0.2, -0.15) is 0 Å². The standard InChI is InChI=1S/C24H26N4O2/c1-17-6-9-19(10-7-17)16-27-13-14-28(21-5-4-12-25-23(21)27)24(29)26-20-15-18(2)8-11-22(20)30-3/h4-12,15H,13-14,16H2,1-3H3,(H,26,29). The summed E-state index contributed by atoms with van der Waals surface area (Å²) in [6.07, 6.45) is 1.77. The smallest absolute Gasteiger partial charge is 0.326 e. The van der Waals surface area contributed by atoms with Crippen molar-refractivity contribution in [2.24, 2.45) is 0 Å². The first kappa shape index (κ1) is 19.8. The van der Waals surface area contributed by atoms with E-state index >= 15 is 0 Å². The van der Waals surface area contributed by atoms with Gasteiger partial charge >= 0.3 is 6.03 Å². The number of benzene rings is 2. The normalized spacial score (nSPS) is 13.0. The fraction of sp³-hybridized carbons (Fsp3) is 0.250. The van der Waals surface area contributed by atoms with Gasteiger partial charge in [-0.05, 0) is 49.2 Å². The first-order valence-electron chi connectivity index (χ1n) is 10.0. The van der Waals surface area contributed by atoms with Crippen molar-refractivity contribution in [1.29, 1.82) is 0 Å². The highest BCUT2D eigenvalue weighted by atomic mass is 16.5. The number of nitrogens with one attached hydrogen (secondary N) is 1. The van der Waals surface area contributed by atoms with E-state index < -0.39 is 0 Å². The topological polar surface area (TPSA) is 57.7 Å². The number of ether oxygens (including phenoxy) is 1. The van der Waals surface area contributed by atoms with Crippen LogP contribution in [0, 0.1) is 13.8 Å². The SMILES string of the molecule is COc1ccc(C)cc1NC(=O)N1CCN(Cc2ccc(C)cc2)c2ncccc21. The minimum absolute atomic E-state index is 0.192. The number of pyridine rings is 1. The van der Waals surface area contributed by atoms with Crippen LogP contribution in [0.15, 0.2) is 60.8 Å². The van der Waals surface area contributed by atoms with Crippen LogP contribution in [0.25, 0.3) is 0 Å². The minimum atomic E-state index is -0.192. The number of methoxy groups -OCH3 is 1. The second-order valence-corrected chi connectivity index (χ2v) is 7.54. The minimum Gasteiger partial charge on any atom is -0.495 e. The van der Waals surface area contributed by atoms with Crippen molar-refractivity contribution in [3.8, 4) is 5.75 Å². The molecule has 0 saturated carbocycles. The summed E-state index contributed by atoms with van der Waals surface area (Å²) in [5.41, 5.74) is 4.98. The Kier molecular flexibility index (Phi) is 5.57. The summed E-state index contributed by atoms with van der Waals surface area (Å²) in [4.78, 5) is 21.7. The molecule has 1 aliphatic heterocycles. The molecule has 0 bridgehead atoms. The molecule has 4 rings (SSSR count). The number of anilines is 3. The second-order valence-electron chi connectivity index (χ2n) is 7.54. The van der Waals surface area contributed by atoms with Gasteiger partial charge in [-0.15, -0.1) is 0 Å². The van der Waals surface area contributed by atoms with E-state index in [9.17, 15) is 4.79 Å². The lowest BCUT2D eigenvalue weighted by atomic mass is 10.1. The summed E-state index contributed by atoms with van der Waals surface area (Å²) in [6, 6.07) is 17.9. The van der Waals surface area contributed by atoms with E-state index in [2.05, 4.69) is 46.4 Å². The number of fused-ring (bicyclic) bond motifs is 1. The van der Waals surface area contributed by atoms with Crippen LogP contribution >= 0.6 is 0 Å². The van der Waals surface area contributed by atoms with E-state index in [1.165, 1.54) is 11.1 Å². The molecule has 6 heteroatoms. The summed E-state index contributed by atoms with van der Waals surface area (Å²) in [6.45, 7) is 6.10. The lowest BCUT2D eigenvalue weighted by Crippen LogP contribution is -2.46. The Hall–Kier alpha value is -3.54. The van der Waals surface area contributed by atoms with Gasteiger partial charge in [0, 0.05) is 25.8 Å². The zero-order valence-corrected chi connectivity index (χ0v) is 17.6. The van der Waals surface area contributed by atoms with Crippen LogP contribution in [-0.2, 0) is 6.54 Å². The van der Waals surface area contributed by atoms with Crippen molar-refractivity contribution in [3.63, 3.8) is 0 Å². The molecule has 3 aromatic rings. The summed E-state index contributed by atoms with van der Waals surface area (Å²) in [5, 5.41) is 3.00. The predicted octanol–water partition coefficient (Wildman–Crippen LogP) is 4.77. The van der Waals surface area contributed by atoms with Crippen LogP contribution < -0.4 is 19.9 Å². The lowest BCUT2D eigenvalue weighted by Gasteiger charge is -2.36. The summed E-state index contributed by atoms with van der Waals surface area (Å²) < 4.78 is 5.40. The largest absolute Gasteiger partial charge is 0.495 e. The summed E-state index contributed by atoms with van der Waals surface area (Å²) in [7, 11) is 1.60. The third-order valence-corrected chi connectivity index (χ3v) is 5.29.